The Hall–Kier alpha value is -2.33. The van der Waals surface area contributed by atoms with Crippen LogP contribution < -0.4 is 5.32 Å². The maximum absolute atomic E-state index is 12.9. The van der Waals surface area contributed by atoms with Gasteiger partial charge in [-0.15, -0.1) is 0 Å². The molecule has 1 amide bonds. The van der Waals surface area contributed by atoms with Crippen molar-refractivity contribution in [1.29, 1.82) is 0 Å². The highest BCUT2D eigenvalue weighted by molar-refractivity contribution is 5.97. The third-order valence-electron chi connectivity index (χ3n) is 8.16. The highest BCUT2D eigenvalue weighted by Gasteiger charge is 2.42. The molecule has 1 unspecified atom stereocenters. The molecule has 1 atom stereocenters. The summed E-state index contributed by atoms with van der Waals surface area (Å²) in [5.74, 6) is 1.49. The number of likely N-dealkylation sites (tertiary alicyclic amines) is 1. The van der Waals surface area contributed by atoms with Gasteiger partial charge in [0.25, 0.3) is 5.91 Å². The van der Waals surface area contributed by atoms with Gasteiger partial charge < -0.3 is 15.3 Å². The van der Waals surface area contributed by atoms with E-state index in [4.69, 9.17) is 0 Å². The molecule has 0 bridgehead atoms. The number of amides is 1. The van der Waals surface area contributed by atoms with E-state index in [0.717, 1.165) is 81.4 Å². The summed E-state index contributed by atoms with van der Waals surface area (Å²) in [5.41, 5.74) is 6.31. The zero-order valence-corrected chi connectivity index (χ0v) is 18.5. The molecule has 4 nitrogen and oxygen atoms in total. The summed E-state index contributed by atoms with van der Waals surface area (Å²) in [7, 11) is 0. The number of fused-ring (bicyclic) bond motifs is 2. The minimum absolute atomic E-state index is 0.0785. The second-order valence-corrected chi connectivity index (χ2v) is 9.78. The molecule has 1 fully saturated rings. The van der Waals surface area contributed by atoms with Crippen molar-refractivity contribution >= 4 is 5.91 Å². The van der Waals surface area contributed by atoms with Gasteiger partial charge in [0.15, 0.2) is 0 Å². The van der Waals surface area contributed by atoms with E-state index in [1.54, 1.807) is 0 Å². The second kappa shape index (κ2) is 8.31. The van der Waals surface area contributed by atoms with Gasteiger partial charge in [-0.05, 0) is 97.5 Å². The molecule has 2 aliphatic heterocycles. The van der Waals surface area contributed by atoms with E-state index in [-0.39, 0.29) is 17.9 Å². The number of piperidine rings is 1. The largest absolute Gasteiger partial charge is 0.396 e. The maximum Gasteiger partial charge on any atom is 0.252 e. The van der Waals surface area contributed by atoms with Crippen LogP contribution in [0.1, 0.15) is 74.8 Å². The van der Waals surface area contributed by atoms with Crippen molar-refractivity contribution in [2.24, 2.45) is 0 Å². The van der Waals surface area contributed by atoms with Crippen molar-refractivity contribution in [3.8, 4) is 0 Å². The van der Waals surface area contributed by atoms with Crippen LogP contribution in [0.4, 0.5) is 0 Å². The zero-order chi connectivity index (χ0) is 21.4. The van der Waals surface area contributed by atoms with Gasteiger partial charge in [0.2, 0.25) is 0 Å². The molecule has 2 heterocycles. The van der Waals surface area contributed by atoms with Crippen LogP contribution in [0.5, 0.6) is 0 Å². The first-order valence-corrected chi connectivity index (χ1v) is 12.0. The summed E-state index contributed by atoms with van der Waals surface area (Å²) >= 11 is 0. The Kier molecular flexibility index (Phi) is 5.51. The highest BCUT2D eigenvalue weighted by Crippen LogP contribution is 2.49. The molecule has 5 rings (SSSR count). The van der Waals surface area contributed by atoms with Crippen molar-refractivity contribution in [2.45, 2.75) is 69.1 Å². The first-order chi connectivity index (χ1) is 15.1. The van der Waals surface area contributed by atoms with Crippen LogP contribution in [0.3, 0.4) is 0 Å². The quantitative estimate of drug-likeness (QED) is 0.750. The third-order valence-corrected chi connectivity index (χ3v) is 8.16. The maximum atomic E-state index is 12.9. The molecule has 0 radical (unpaired) electrons. The van der Waals surface area contributed by atoms with Gasteiger partial charge in [0.1, 0.15) is 5.82 Å². The van der Waals surface area contributed by atoms with Crippen LogP contribution in [0, 0.1) is 0 Å². The highest BCUT2D eigenvalue weighted by atomic mass is 16.3. The minimum Gasteiger partial charge on any atom is -0.396 e. The Labute approximate surface area is 185 Å². The lowest BCUT2D eigenvalue weighted by atomic mass is 9.62. The van der Waals surface area contributed by atoms with E-state index in [2.05, 4.69) is 47.1 Å². The van der Waals surface area contributed by atoms with Gasteiger partial charge in [0.05, 0.1) is 0 Å². The molecule has 2 N–H and O–H groups in total. The molecule has 1 saturated heterocycles. The molecule has 4 aliphatic rings. The average Bonchev–Trinajstić information content (AvgIpc) is 2.93. The van der Waals surface area contributed by atoms with Gasteiger partial charge in [0, 0.05) is 25.3 Å². The van der Waals surface area contributed by atoms with Gasteiger partial charge in [-0.25, -0.2) is 0 Å². The number of aliphatic hydroxyl groups excluding tert-OH is 1. The van der Waals surface area contributed by atoms with Gasteiger partial charge >= 0.3 is 0 Å². The normalized spacial score (nSPS) is 25.5. The number of hydrogen-bond donors (Lipinski definition) is 2. The fourth-order valence-corrected chi connectivity index (χ4v) is 6.39. The first-order valence-electron chi connectivity index (χ1n) is 12.0. The molecule has 4 heteroatoms. The van der Waals surface area contributed by atoms with E-state index in [1.807, 2.05) is 0 Å². The Morgan fingerprint density at radius 1 is 1.10 bits per heavy atom. The van der Waals surface area contributed by atoms with Crippen molar-refractivity contribution < 1.29 is 9.90 Å². The summed E-state index contributed by atoms with van der Waals surface area (Å²) < 4.78 is 0. The van der Waals surface area contributed by atoms with Crippen molar-refractivity contribution in [2.75, 3.05) is 19.7 Å². The molecule has 1 spiro atoms. The molecule has 0 aromatic heterocycles. The SMILES string of the molecule is C=C1C=C(N2CCC3(CCC(CCO)c4ccccc43)CC2)NC(=O)C2=C1CCCC2. The lowest BCUT2D eigenvalue weighted by Gasteiger charge is -2.48. The minimum atomic E-state index is 0.0785. The molecule has 1 aromatic carbocycles. The van der Waals surface area contributed by atoms with Crippen molar-refractivity contribution in [3.63, 3.8) is 0 Å². The van der Waals surface area contributed by atoms with E-state index in [9.17, 15) is 9.90 Å². The van der Waals surface area contributed by atoms with Crippen molar-refractivity contribution in [1.82, 2.24) is 10.2 Å². The van der Waals surface area contributed by atoms with E-state index < -0.39 is 0 Å². The lowest BCUT2D eigenvalue weighted by Crippen LogP contribution is -2.47. The van der Waals surface area contributed by atoms with Crippen LogP contribution in [-0.2, 0) is 10.2 Å². The number of nitrogens with zero attached hydrogens (tertiary/aromatic N) is 1. The molecule has 31 heavy (non-hydrogen) atoms. The number of allylic oxidation sites excluding steroid dienone is 3. The fraction of sp³-hybridized carbons (Fsp3) is 0.519. The lowest BCUT2D eigenvalue weighted by molar-refractivity contribution is -0.117. The predicted octanol–water partition coefficient (Wildman–Crippen LogP) is 4.68. The van der Waals surface area contributed by atoms with E-state index in [0.29, 0.717) is 5.92 Å². The zero-order valence-electron chi connectivity index (χ0n) is 18.5. The number of carbonyl (C=O) groups excluding carboxylic acids is 1. The van der Waals surface area contributed by atoms with E-state index in [1.165, 1.54) is 23.1 Å². The number of aliphatic hydroxyl groups is 1. The molecule has 164 valence electrons. The van der Waals surface area contributed by atoms with Crippen LogP contribution in [0.25, 0.3) is 0 Å². The molecule has 1 aromatic rings. The smallest absolute Gasteiger partial charge is 0.252 e. The van der Waals surface area contributed by atoms with Crippen molar-refractivity contribution in [3.05, 3.63) is 70.6 Å². The summed E-state index contributed by atoms with van der Waals surface area (Å²) in [6.45, 7) is 6.46. The fourth-order valence-electron chi connectivity index (χ4n) is 6.39. The van der Waals surface area contributed by atoms with Crippen LogP contribution in [-0.4, -0.2) is 35.6 Å². The second-order valence-electron chi connectivity index (χ2n) is 9.78. The topological polar surface area (TPSA) is 52.6 Å². The number of rotatable bonds is 3. The first kappa shape index (κ1) is 20.6. The molecular weight excluding hydrogens is 384 g/mol. The van der Waals surface area contributed by atoms with Crippen LogP contribution in [0.15, 0.2) is 59.5 Å². The summed E-state index contributed by atoms with van der Waals surface area (Å²) in [5, 5.41) is 12.7. The monoisotopic (exact) mass is 418 g/mol. The van der Waals surface area contributed by atoms with Gasteiger partial charge in [-0.1, -0.05) is 30.8 Å². The third kappa shape index (κ3) is 3.65. The van der Waals surface area contributed by atoms with Crippen LogP contribution in [0.2, 0.25) is 0 Å². The molecular formula is C27H34N2O2. The number of benzene rings is 1. The van der Waals surface area contributed by atoms with Gasteiger partial charge in [-0.3, -0.25) is 4.79 Å². The summed E-state index contributed by atoms with van der Waals surface area (Å²) in [6.07, 6.45) is 11.6. The average molecular weight is 419 g/mol. The van der Waals surface area contributed by atoms with E-state index >= 15 is 0 Å². The number of nitrogens with one attached hydrogen (secondary N) is 1. The molecule has 0 saturated carbocycles. The predicted molar refractivity (Wildman–Crippen MR) is 123 cm³/mol. The summed E-state index contributed by atoms with van der Waals surface area (Å²) in [4.78, 5) is 15.3. The van der Waals surface area contributed by atoms with Gasteiger partial charge in [-0.2, -0.15) is 0 Å². The molecule has 2 aliphatic carbocycles. The Morgan fingerprint density at radius 3 is 2.61 bits per heavy atom. The Balaban J connectivity index is 1.35. The van der Waals surface area contributed by atoms with Crippen LogP contribution >= 0.6 is 0 Å². The standard InChI is InChI=1S/C27H34N2O2/c1-19-18-25(28-26(31)23-8-3-2-6-21(19)23)29-15-13-27(14-16-29)12-10-20(11-17-30)22-7-4-5-9-24(22)27/h4-5,7,9,18,20,30H,1-3,6,8,10-17H2,(H,28,31). The number of hydrogen-bond acceptors (Lipinski definition) is 3. The Morgan fingerprint density at radius 2 is 1.84 bits per heavy atom. The number of carbonyl (C=O) groups is 1. The summed E-state index contributed by atoms with van der Waals surface area (Å²) in [6, 6.07) is 8.91. The Bertz CT molecular complexity index is 950.